The fourth-order valence-electron chi connectivity index (χ4n) is 2.71. The number of ether oxygens (including phenoxy) is 2. The lowest BCUT2D eigenvalue weighted by Gasteiger charge is -2.25. The predicted octanol–water partition coefficient (Wildman–Crippen LogP) is 3.04. The fourth-order valence-corrected chi connectivity index (χ4v) is 2.71. The van der Waals surface area contributed by atoms with Gasteiger partial charge in [0.15, 0.2) is 5.96 Å². The van der Waals surface area contributed by atoms with E-state index in [9.17, 15) is 9.59 Å². The highest BCUT2D eigenvalue weighted by Crippen LogP contribution is 2.12. The average Bonchev–Trinajstić information content (AvgIpc) is 2.98. The van der Waals surface area contributed by atoms with Gasteiger partial charge in [-0.05, 0) is 54.9 Å². The summed E-state index contributed by atoms with van der Waals surface area (Å²) in [6.45, 7) is 16.2. The van der Waals surface area contributed by atoms with E-state index in [1.54, 1.807) is 7.05 Å². The molecular weight excluding hydrogens is 501 g/mol. The standard InChI is InChI=1S/C20H39N5O4.HI/c1-9-21-16(22-11-13-24(8)18(27)29-20(5,6)7)25-12-10-15(14-25)23-17(26)28-19(2,3)4;/h15H,9-14H2,1-8H3,(H,21,22)(H,23,26);1H. The van der Waals surface area contributed by atoms with Crippen LogP contribution in [0, 0.1) is 0 Å². The van der Waals surface area contributed by atoms with Crippen LogP contribution in [0.25, 0.3) is 0 Å². The molecule has 1 aliphatic rings. The van der Waals surface area contributed by atoms with Gasteiger partial charge in [-0.3, -0.25) is 4.99 Å². The lowest BCUT2D eigenvalue weighted by atomic mass is 10.2. The van der Waals surface area contributed by atoms with Gasteiger partial charge < -0.3 is 29.9 Å². The molecule has 0 aromatic carbocycles. The number of hydrogen-bond donors (Lipinski definition) is 2. The zero-order valence-corrected chi connectivity index (χ0v) is 22.0. The molecule has 2 amide bonds. The normalized spacial score (nSPS) is 17.1. The first-order valence-electron chi connectivity index (χ1n) is 10.3. The third kappa shape index (κ3) is 11.7. The minimum Gasteiger partial charge on any atom is -0.444 e. The van der Waals surface area contributed by atoms with Gasteiger partial charge in [0.1, 0.15) is 11.2 Å². The van der Waals surface area contributed by atoms with E-state index in [1.165, 1.54) is 4.90 Å². The first-order valence-corrected chi connectivity index (χ1v) is 10.3. The summed E-state index contributed by atoms with van der Waals surface area (Å²) in [5, 5.41) is 6.19. The molecule has 1 fully saturated rings. The molecular formula is C20H40IN5O4. The molecule has 1 saturated heterocycles. The summed E-state index contributed by atoms with van der Waals surface area (Å²) in [7, 11) is 1.70. The lowest BCUT2D eigenvalue weighted by Crippen LogP contribution is -2.44. The van der Waals surface area contributed by atoms with Crippen molar-refractivity contribution in [2.24, 2.45) is 4.99 Å². The molecule has 0 bridgehead atoms. The third-order valence-electron chi connectivity index (χ3n) is 3.95. The van der Waals surface area contributed by atoms with Gasteiger partial charge >= 0.3 is 12.2 Å². The highest BCUT2D eigenvalue weighted by molar-refractivity contribution is 14.0. The Morgan fingerprint density at radius 1 is 1.13 bits per heavy atom. The van der Waals surface area contributed by atoms with Gasteiger partial charge in [-0.25, -0.2) is 9.59 Å². The molecule has 0 spiro atoms. The molecule has 0 radical (unpaired) electrons. The zero-order valence-electron chi connectivity index (χ0n) is 19.7. The van der Waals surface area contributed by atoms with Crippen LogP contribution < -0.4 is 10.6 Å². The maximum atomic E-state index is 12.0. The summed E-state index contributed by atoms with van der Waals surface area (Å²) in [6, 6.07) is 0.0122. The highest BCUT2D eigenvalue weighted by Gasteiger charge is 2.28. The Morgan fingerprint density at radius 3 is 2.27 bits per heavy atom. The number of amides is 2. The second-order valence-corrected chi connectivity index (χ2v) is 9.22. The van der Waals surface area contributed by atoms with E-state index in [0.29, 0.717) is 19.6 Å². The molecule has 1 unspecified atom stereocenters. The van der Waals surface area contributed by atoms with Crippen molar-refractivity contribution in [3.8, 4) is 0 Å². The van der Waals surface area contributed by atoms with Gasteiger partial charge in [-0.2, -0.15) is 0 Å². The van der Waals surface area contributed by atoms with Crippen molar-refractivity contribution in [2.45, 2.75) is 72.1 Å². The van der Waals surface area contributed by atoms with Crippen molar-refractivity contribution in [1.29, 1.82) is 0 Å². The number of halogens is 1. The van der Waals surface area contributed by atoms with Crippen LogP contribution in [-0.2, 0) is 9.47 Å². The predicted molar refractivity (Wildman–Crippen MR) is 130 cm³/mol. The Labute approximate surface area is 198 Å². The Kier molecular flexibility index (Phi) is 11.8. The number of nitrogens with zero attached hydrogens (tertiary/aromatic N) is 3. The quantitative estimate of drug-likeness (QED) is 0.316. The van der Waals surface area contributed by atoms with E-state index in [0.717, 1.165) is 25.5 Å². The van der Waals surface area contributed by atoms with Crippen LogP contribution in [0.2, 0.25) is 0 Å². The number of carbonyl (C=O) groups is 2. The second-order valence-electron chi connectivity index (χ2n) is 9.22. The van der Waals surface area contributed by atoms with Gasteiger partial charge in [0.25, 0.3) is 0 Å². The first kappa shape index (κ1) is 28.5. The van der Waals surface area contributed by atoms with Crippen LogP contribution in [0.4, 0.5) is 9.59 Å². The Balaban J connectivity index is 0.00000841. The van der Waals surface area contributed by atoms with E-state index >= 15 is 0 Å². The third-order valence-corrected chi connectivity index (χ3v) is 3.95. The number of nitrogens with one attached hydrogen (secondary N) is 2. The number of likely N-dealkylation sites (N-methyl/N-ethyl adjacent to an activating group) is 1. The minimum absolute atomic E-state index is 0. The molecule has 0 aliphatic carbocycles. The van der Waals surface area contributed by atoms with Gasteiger partial charge in [-0.1, -0.05) is 0 Å². The summed E-state index contributed by atoms with van der Waals surface area (Å²) in [5.41, 5.74) is -1.03. The van der Waals surface area contributed by atoms with Crippen LogP contribution in [0.15, 0.2) is 4.99 Å². The largest absolute Gasteiger partial charge is 0.444 e. The van der Waals surface area contributed by atoms with E-state index in [2.05, 4.69) is 20.5 Å². The van der Waals surface area contributed by atoms with E-state index in [4.69, 9.17) is 9.47 Å². The van der Waals surface area contributed by atoms with Crippen molar-refractivity contribution in [1.82, 2.24) is 20.4 Å². The van der Waals surface area contributed by atoms with Crippen molar-refractivity contribution in [3.05, 3.63) is 0 Å². The molecule has 1 aliphatic heterocycles. The van der Waals surface area contributed by atoms with Crippen LogP contribution in [0.5, 0.6) is 0 Å². The first-order chi connectivity index (χ1) is 13.3. The Hall–Kier alpha value is -1.46. The van der Waals surface area contributed by atoms with Gasteiger partial charge in [0.2, 0.25) is 0 Å². The molecule has 0 saturated carbocycles. The highest BCUT2D eigenvalue weighted by atomic mass is 127. The number of rotatable bonds is 5. The molecule has 176 valence electrons. The van der Waals surface area contributed by atoms with E-state index in [-0.39, 0.29) is 36.1 Å². The minimum atomic E-state index is -0.519. The van der Waals surface area contributed by atoms with Crippen molar-refractivity contribution in [3.63, 3.8) is 0 Å². The number of alkyl carbamates (subject to hydrolysis) is 1. The molecule has 0 aromatic heterocycles. The van der Waals surface area contributed by atoms with Gasteiger partial charge in [0, 0.05) is 33.2 Å². The van der Waals surface area contributed by atoms with Crippen LogP contribution in [0.3, 0.4) is 0 Å². The number of hydrogen-bond acceptors (Lipinski definition) is 5. The van der Waals surface area contributed by atoms with Crippen LogP contribution in [-0.4, -0.2) is 85.0 Å². The fraction of sp³-hybridized carbons (Fsp3) is 0.850. The maximum absolute atomic E-state index is 12.0. The number of carbonyl (C=O) groups excluding carboxylic acids is 2. The monoisotopic (exact) mass is 541 g/mol. The van der Waals surface area contributed by atoms with E-state index in [1.807, 2.05) is 48.5 Å². The van der Waals surface area contributed by atoms with Crippen molar-refractivity contribution >= 4 is 42.1 Å². The number of aliphatic imine (C=N–C) groups is 1. The van der Waals surface area contributed by atoms with E-state index < -0.39 is 17.3 Å². The summed E-state index contributed by atoms with van der Waals surface area (Å²) in [6.07, 6.45) is 0.0624. The summed E-state index contributed by atoms with van der Waals surface area (Å²) < 4.78 is 10.7. The molecule has 1 atom stereocenters. The van der Waals surface area contributed by atoms with Gasteiger partial charge in [-0.15, -0.1) is 24.0 Å². The number of guanidine groups is 1. The molecule has 30 heavy (non-hydrogen) atoms. The average molecular weight is 541 g/mol. The summed E-state index contributed by atoms with van der Waals surface area (Å²) >= 11 is 0. The zero-order chi connectivity index (χ0) is 22.2. The molecule has 1 heterocycles. The Bertz CT molecular complexity index is 587. The molecule has 2 N–H and O–H groups in total. The maximum Gasteiger partial charge on any atom is 0.410 e. The molecule has 9 nitrogen and oxygen atoms in total. The topological polar surface area (TPSA) is 95.5 Å². The second kappa shape index (κ2) is 12.4. The Morgan fingerprint density at radius 2 is 1.73 bits per heavy atom. The van der Waals surface area contributed by atoms with Crippen molar-refractivity contribution < 1.29 is 19.1 Å². The molecule has 10 heteroatoms. The molecule has 0 aromatic rings. The smallest absolute Gasteiger partial charge is 0.410 e. The molecule has 1 rings (SSSR count). The van der Waals surface area contributed by atoms with Crippen LogP contribution in [0.1, 0.15) is 54.9 Å². The number of likely N-dealkylation sites (tertiary alicyclic amines) is 1. The summed E-state index contributed by atoms with van der Waals surface area (Å²) in [4.78, 5) is 32.3. The lowest BCUT2D eigenvalue weighted by molar-refractivity contribution is 0.0303. The SMILES string of the molecule is CCNC(=NCCN(C)C(=O)OC(C)(C)C)N1CCC(NC(=O)OC(C)(C)C)C1.I. The van der Waals surface area contributed by atoms with Crippen LogP contribution >= 0.6 is 24.0 Å². The summed E-state index contributed by atoms with van der Waals surface area (Å²) in [5.74, 6) is 0.776. The van der Waals surface area contributed by atoms with Gasteiger partial charge in [0.05, 0.1) is 12.6 Å². The van der Waals surface area contributed by atoms with Crippen molar-refractivity contribution in [2.75, 3.05) is 39.8 Å².